The van der Waals surface area contributed by atoms with Gasteiger partial charge in [0.15, 0.2) is 5.65 Å². The lowest BCUT2D eigenvalue weighted by Crippen LogP contribution is -2.28. The molecular weight excluding hydrogens is 356 g/mol. The van der Waals surface area contributed by atoms with E-state index < -0.39 is 0 Å². The highest BCUT2D eigenvalue weighted by Gasteiger charge is 2.15. The van der Waals surface area contributed by atoms with E-state index in [2.05, 4.69) is 33.5 Å². The molecule has 3 rings (SSSR count). The van der Waals surface area contributed by atoms with E-state index in [-0.39, 0.29) is 12.5 Å². The van der Waals surface area contributed by atoms with E-state index in [1.54, 1.807) is 16.6 Å². The van der Waals surface area contributed by atoms with Crippen LogP contribution in [0.15, 0.2) is 49.3 Å². The highest BCUT2D eigenvalue weighted by atomic mass is 16.5. The highest BCUT2D eigenvalue weighted by Crippen LogP contribution is 2.20. The molecule has 0 bridgehead atoms. The van der Waals surface area contributed by atoms with Crippen LogP contribution >= 0.6 is 0 Å². The number of rotatable bonds is 6. The van der Waals surface area contributed by atoms with Gasteiger partial charge >= 0.3 is 0 Å². The first-order valence-electron chi connectivity index (χ1n) is 8.61. The van der Waals surface area contributed by atoms with Crippen molar-refractivity contribution in [1.29, 1.82) is 0 Å². The van der Waals surface area contributed by atoms with Crippen molar-refractivity contribution < 1.29 is 9.53 Å². The van der Waals surface area contributed by atoms with Gasteiger partial charge in [0.2, 0.25) is 5.91 Å². The second-order valence-corrected chi connectivity index (χ2v) is 5.90. The molecule has 0 spiro atoms. The largest absolute Gasteiger partial charge is 0.481 e. The molecule has 0 radical (unpaired) electrons. The third kappa shape index (κ3) is 4.27. The first kappa shape index (κ1) is 18.9. The number of anilines is 1. The van der Waals surface area contributed by atoms with Crippen LogP contribution in [0.3, 0.4) is 0 Å². The smallest absolute Gasteiger partial charge is 0.245 e. The number of hydrogen-bond donors (Lipinski definition) is 1. The lowest BCUT2D eigenvalue weighted by atomic mass is 10.3. The first-order valence-corrected chi connectivity index (χ1v) is 8.61. The van der Waals surface area contributed by atoms with Crippen LogP contribution in [-0.4, -0.2) is 50.8 Å². The average molecular weight is 376 g/mol. The number of nitrogen functional groups attached to an aromatic ring is 1. The lowest BCUT2D eigenvalue weighted by molar-refractivity contribution is -0.124. The number of nitrogens with zero attached hydrogens (tertiary/aromatic N) is 5. The van der Waals surface area contributed by atoms with Crippen molar-refractivity contribution in [1.82, 2.24) is 24.6 Å². The number of nitrogens with two attached hydrogens (primary N) is 1. The molecule has 0 aliphatic carbocycles. The van der Waals surface area contributed by atoms with Gasteiger partial charge in [-0.1, -0.05) is 30.7 Å². The molecule has 0 fully saturated rings. The second kappa shape index (κ2) is 8.68. The van der Waals surface area contributed by atoms with E-state index in [0.29, 0.717) is 35.6 Å². The number of ether oxygens (including phenoxy) is 1. The maximum atomic E-state index is 11.6. The Bertz CT molecular complexity index is 1050. The monoisotopic (exact) mass is 376 g/mol. The molecule has 0 saturated carbocycles. The number of amides is 1. The number of carbonyl (C=O) groups excluding carboxylic acids is 1. The third-order valence-electron chi connectivity index (χ3n) is 4.02. The molecule has 8 nitrogen and oxygen atoms in total. The van der Waals surface area contributed by atoms with Crippen molar-refractivity contribution in [3.05, 3.63) is 55.0 Å². The number of fused-ring (bicyclic) bond motifs is 1. The minimum atomic E-state index is -0.163. The number of carbonyl (C=O) groups is 1. The maximum Gasteiger partial charge on any atom is 0.245 e. The standard InChI is InChI=1S/C20H20N6O2/c1-3-17(27)25(2)11-12-26-20-18(19(21)22-14-23-20)16(24-26)10-7-13-28-15-8-5-4-6-9-15/h3-6,8-9,14H,1,11-13H2,2H3,(H2,21,22,23). The van der Waals surface area contributed by atoms with Crippen LogP contribution < -0.4 is 10.5 Å². The van der Waals surface area contributed by atoms with E-state index in [9.17, 15) is 4.79 Å². The van der Waals surface area contributed by atoms with E-state index in [4.69, 9.17) is 10.5 Å². The Labute approximate surface area is 162 Å². The Morgan fingerprint density at radius 3 is 2.89 bits per heavy atom. The summed E-state index contributed by atoms with van der Waals surface area (Å²) >= 11 is 0. The minimum Gasteiger partial charge on any atom is -0.481 e. The topological polar surface area (TPSA) is 99.2 Å². The molecule has 28 heavy (non-hydrogen) atoms. The molecule has 1 aromatic carbocycles. The van der Waals surface area contributed by atoms with Gasteiger partial charge in [-0.25, -0.2) is 14.6 Å². The predicted molar refractivity (Wildman–Crippen MR) is 106 cm³/mol. The van der Waals surface area contributed by atoms with E-state index in [0.717, 1.165) is 5.75 Å². The molecular formula is C20H20N6O2. The summed E-state index contributed by atoms with van der Waals surface area (Å²) < 4.78 is 7.24. The van der Waals surface area contributed by atoms with E-state index in [1.807, 2.05) is 30.3 Å². The molecule has 142 valence electrons. The summed E-state index contributed by atoms with van der Waals surface area (Å²) in [6.45, 7) is 4.57. The van der Waals surface area contributed by atoms with Gasteiger partial charge in [-0.15, -0.1) is 0 Å². The Morgan fingerprint density at radius 1 is 1.36 bits per heavy atom. The number of benzene rings is 1. The summed E-state index contributed by atoms with van der Waals surface area (Å²) in [4.78, 5) is 21.5. The van der Waals surface area contributed by atoms with Gasteiger partial charge in [0.1, 0.15) is 30.2 Å². The molecule has 1 amide bonds. The van der Waals surface area contributed by atoms with Gasteiger partial charge in [-0.2, -0.15) is 5.10 Å². The Morgan fingerprint density at radius 2 is 2.14 bits per heavy atom. The van der Waals surface area contributed by atoms with Gasteiger partial charge in [-0.05, 0) is 24.1 Å². The summed E-state index contributed by atoms with van der Waals surface area (Å²) in [7, 11) is 1.70. The normalized spacial score (nSPS) is 10.2. The Hall–Kier alpha value is -3.86. The van der Waals surface area contributed by atoms with Crippen molar-refractivity contribution in [3.8, 4) is 17.6 Å². The van der Waals surface area contributed by atoms with Crippen LogP contribution in [0.25, 0.3) is 11.0 Å². The second-order valence-electron chi connectivity index (χ2n) is 5.90. The van der Waals surface area contributed by atoms with Crippen molar-refractivity contribution in [2.75, 3.05) is 25.9 Å². The number of para-hydroxylation sites is 1. The molecule has 0 aliphatic heterocycles. The number of hydrogen-bond acceptors (Lipinski definition) is 6. The molecule has 2 N–H and O–H groups in total. The molecule has 3 aromatic rings. The molecule has 0 saturated heterocycles. The van der Waals surface area contributed by atoms with Crippen LogP contribution in [0.1, 0.15) is 5.69 Å². The zero-order chi connectivity index (χ0) is 19.9. The highest BCUT2D eigenvalue weighted by molar-refractivity contribution is 5.90. The van der Waals surface area contributed by atoms with Crippen LogP contribution in [-0.2, 0) is 11.3 Å². The van der Waals surface area contributed by atoms with Crippen molar-refractivity contribution in [2.24, 2.45) is 0 Å². The first-order chi connectivity index (χ1) is 13.6. The van der Waals surface area contributed by atoms with Crippen LogP contribution in [0.2, 0.25) is 0 Å². The fourth-order valence-corrected chi connectivity index (χ4v) is 2.54. The van der Waals surface area contributed by atoms with Gasteiger partial charge in [0.05, 0.1) is 11.9 Å². The summed E-state index contributed by atoms with van der Waals surface area (Å²) in [5.74, 6) is 6.80. The SMILES string of the molecule is C=CC(=O)N(C)CCn1nc(C#CCOc2ccccc2)c2c(N)ncnc21. The predicted octanol–water partition coefficient (Wildman–Crippen LogP) is 1.48. The maximum absolute atomic E-state index is 11.6. The number of likely N-dealkylation sites (N-methyl/N-ethyl adjacent to an activating group) is 1. The van der Waals surface area contributed by atoms with Gasteiger partial charge in [0.25, 0.3) is 0 Å². The fraction of sp³-hybridized carbons (Fsp3) is 0.200. The average Bonchev–Trinajstić information content (AvgIpc) is 3.08. The lowest BCUT2D eigenvalue weighted by Gasteiger charge is -2.14. The zero-order valence-corrected chi connectivity index (χ0v) is 15.5. The summed E-state index contributed by atoms with van der Waals surface area (Å²) in [5, 5.41) is 5.08. The van der Waals surface area contributed by atoms with Gasteiger partial charge in [0, 0.05) is 13.6 Å². The Kier molecular flexibility index (Phi) is 5.87. The third-order valence-corrected chi connectivity index (χ3v) is 4.02. The Balaban J connectivity index is 1.80. The fourth-order valence-electron chi connectivity index (χ4n) is 2.54. The van der Waals surface area contributed by atoms with E-state index >= 15 is 0 Å². The molecule has 0 atom stereocenters. The summed E-state index contributed by atoms with van der Waals surface area (Å²) in [6.07, 6.45) is 2.65. The van der Waals surface area contributed by atoms with Crippen molar-refractivity contribution >= 4 is 22.8 Å². The van der Waals surface area contributed by atoms with Crippen LogP contribution in [0.4, 0.5) is 5.82 Å². The molecule has 8 heteroatoms. The van der Waals surface area contributed by atoms with Gasteiger partial charge in [-0.3, -0.25) is 4.79 Å². The van der Waals surface area contributed by atoms with Gasteiger partial charge < -0.3 is 15.4 Å². The van der Waals surface area contributed by atoms with Crippen molar-refractivity contribution in [2.45, 2.75) is 6.54 Å². The zero-order valence-electron chi connectivity index (χ0n) is 15.5. The molecule has 2 aromatic heterocycles. The number of aromatic nitrogens is 4. The van der Waals surface area contributed by atoms with Crippen LogP contribution in [0, 0.1) is 11.8 Å². The van der Waals surface area contributed by atoms with E-state index in [1.165, 1.54) is 12.4 Å². The molecule has 2 heterocycles. The summed E-state index contributed by atoms with van der Waals surface area (Å²) in [5.41, 5.74) is 7.05. The van der Waals surface area contributed by atoms with Crippen molar-refractivity contribution in [3.63, 3.8) is 0 Å². The molecule has 0 aliphatic rings. The minimum absolute atomic E-state index is 0.163. The van der Waals surface area contributed by atoms with Crippen LogP contribution in [0.5, 0.6) is 5.75 Å². The quantitative estimate of drug-likeness (QED) is 0.517. The molecule has 0 unspecified atom stereocenters. The summed E-state index contributed by atoms with van der Waals surface area (Å²) in [6, 6.07) is 9.42.